The van der Waals surface area contributed by atoms with Gasteiger partial charge in [-0.25, -0.2) is 0 Å². The van der Waals surface area contributed by atoms with Crippen LogP contribution in [-0.2, 0) is 9.59 Å². The van der Waals surface area contributed by atoms with Crippen LogP contribution in [0.4, 0.5) is 0 Å². The van der Waals surface area contributed by atoms with Gasteiger partial charge < -0.3 is 14.9 Å². The van der Waals surface area contributed by atoms with E-state index in [1.165, 1.54) is 0 Å². The second-order valence-corrected chi connectivity index (χ2v) is 10.2. The van der Waals surface area contributed by atoms with Crippen molar-refractivity contribution in [2.45, 2.75) is 58.9 Å². The molecule has 188 valence electrons. The first-order valence-electron chi connectivity index (χ1n) is 12.7. The molecule has 0 spiro atoms. The number of Topliss-reactive ketones (excluding diaryl/α,β-unsaturated/α-hetero) is 1. The number of aliphatic hydroxyl groups is 1. The van der Waals surface area contributed by atoms with Gasteiger partial charge in [-0.2, -0.15) is 0 Å². The van der Waals surface area contributed by atoms with E-state index in [1.54, 1.807) is 17.0 Å². The normalized spacial score (nSPS) is 17.5. The predicted molar refractivity (Wildman–Crippen MR) is 145 cm³/mol. The molecule has 2 aromatic carbocycles. The van der Waals surface area contributed by atoms with Crippen molar-refractivity contribution >= 4 is 33.4 Å². The number of carbonyl (C=O) groups is 2. The molecule has 5 nitrogen and oxygen atoms in total. The summed E-state index contributed by atoms with van der Waals surface area (Å²) in [6.45, 7) is 9.87. The molecule has 1 saturated heterocycles. The molecule has 0 aliphatic carbocycles. The van der Waals surface area contributed by atoms with E-state index in [0.29, 0.717) is 12.1 Å². The zero-order valence-corrected chi connectivity index (χ0v) is 22.7. The third-order valence-corrected chi connectivity index (χ3v) is 7.11. The highest BCUT2D eigenvalue weighted by atomic mass is 79.9. The Morgan fingerprint density at radius 2 is 1.49 bits per heavy atom. The number of unbranched alkanes of at least 4 members (excludes halogenated alkanes) is 2. The molecule has 1 heterocycles. The lowest BCUT2D eigenvalue weighted by Crippen LogP contribution is -2.34. The molecule has 1 amide bonds. The minimum absolute atomic E-state index is 0.128. The highest BCUT2D eigenvalue weighted by Crippen LogP contribution is 2.39. The fourth-order valence-corrected chi connectivity index (χ4v) is 4.80. The average Bonchev–Trinajstić information content (AvgIpc) is 3.10. The maximum atomic E-state index is 13.2. The molecule has 1 fully saturated rings. The summed E-state index contributed by atoms with van der Waals surface area (Å²) in [6.07, 6.45) is 5.40. The number of aryl methyl sites for hydroxylation is 1. The molecule has 1 aliphatic heterocycles. The number of hydrogen-bond acceptors (Lipinski definition) is 4. The van der Waals surface area contributed by atoms with Gasteiger partial charge in [0.15, 0.2) is 0 Å². The van der Waals surface area contributed by atoms with Gasteiger partial charge in [0.1, 0.15) is 5.76 Å². The van der Waals surface area contributed by atoms with Gasteiger partial charge >= 0.3 is 0 Å². The van der Waals surface area contributed by atoms with Crippen LogP contribution in [0, 0.1) is 6.92 Å². The molecule has 0 saturated carbocycles. The van der Waals surface area contributed by atoms with Crippen LogP contribution in [0.5, 0.6) is 0 Å². The smallest absolute Gasteiger partial charge is 0.295 e. The van der Waals surface area contributed by atoms with Crippen molar-refractivity contribution in [3.05, 3.63) is 75.3 Å². The van der Waals surface area contributed by atoms with Gasteiger partial charge in [-0.3, -0.25) is 9.59 Å². The van der Waals surface area contributed by atoms with Crippen molar-refractivity contribution in [2.24, 2.45) is 0 Å². The highest BCUT2D eigenvalue weighted by Gasteiger charge is 2.45. The zero-order valence-electron chi connectivity index (χ0n) is 21.1. The van der Waals surface area contributed by atoms with Crippen molar-refractivity contribution in [2.75, 3.05) is 26.2 Å². The molecular weight excluding hydrogens is 504 g/mol. The minimum Gasteiger partial charge on any atom is -0.507 e. The van der Waals surface area contributed by atoms with Crippen molar-refractivity contribution in [1.29, 1.82) is 0 Å². The quantitative estimate of drug-likeness (QED) is 0.190. The van der Waals surface area contributed by atoms with E-state index >= 15 is 0 Å². The maximum absolute atomic E-state index is 13.2. The number of carbonyl (C=O) groups excluding carboxylic acids is 2. The number of halogens is 1. The van der Waals surface area contributed by atoms with Gasteiger partial charge in [0.05, 0.1) is 11.6 Å². The second-order valence-electron chi connectivity index (χ2n) is 9.31. The van der Waals surface area contributed by atoms with Crippen LogP contribution in [0.2, 0.25) is 0 Å². The first-order chi connectivity index (χ1) is 16.9. The zero-order chi connectivity index (χ0) is 25.4. The largest absolute Gasteiger partial charge is 0.507 e. The monoisotopic (exact) mass is 540 g/mol. The highest BCUT2D eigenvalue weighted by molar-refractivity contribution is 9.10. The summed E-state index contributed by atoms with van der Waals surface area (Å²) < 4.78 is 0.875. The van der Waals surface area contributed by atoms with E-state index in [0.717, 1.165) is 67.3 Å². The number of benzene rings is 2. The third kappa shape index (κ3) is 6.83. The summed E-state index contributed by atoms with van der Waals surface area (Å²) in [7, 11) is 0. The average molecular weight is 542 g/mol. The number of amides is 1. The Hall–Kier alpha value is -2.44. The molecule has 0 unspecified atom stereocenters. The number of likely N-dealkylation sites (tertiary alicyclic amines) is 1. The lowest BCUT2D eigenvalue weighted by atomic mass is 9.94. The molecule has 2 aromatic rings. The van der Waals surface area contributed by atoms with Crippen molar-refractivity contribution < 1.29 is 14.7 Å². The number of ketones is 1. The summed E-state index contributed by atoms with van der Waals surface area (Å²) >= 11 is 3.40. The lowest BCUT2D eigenvalue weighted by Gasteiger charge is -2.27. The molecule has 6 heteroatoms. The maximum Gasteiger partial charge on any atom is 0.295 e. The lowest BCUT2D eigenvalue weighted by molar-refractivity contribution is -0.140. The fourth-order valence-electron chi connectivity index (χ4n) is 4.53. The van der Waals surface area contributed by atoms with Crippen LogP contribution in [0.25, 0.3) is 5.76 Å². The van der Waals surface area contributed by atoms with E-state index < -0.39 is 17.7 Å². The third-order valence-electron chi connectivity index (χ3n) is 6.58. The van der Waals surface area contributed by atoms with E-state index in [-0.39, 0.29) is 11.3 Å². The molecule has 1 aliphatic rings. The van der Waals surface area contributed by atoms with Crippen molar-refractivity contribution in [1.82, 2.24) is 9.80 Å². The van der Waals surface area contributed by atoms with Crippen LogP contribution in [0.1, 0.15) is 68.7 Å². The second kappa shape index (κ2) is 13.0. The molecular formula is C29H37BrN2O3. The topological polar surface area (TPSA) is 60.9 Å². The van der Waals surface area contributed by atoms with Crippen LogP contribution in [0.3, 0.4) is 0 Å². The molecule has 1 N–H and O–H groups in total. The van der Waals surface area contributed by atoms with Crippen LogP contribution < -0.4 is 0 Å². The van der Waals surface area contributed by atoms with Crippen LogP contribution in [0.15, 0.2) is 58.6 Å². The summed E-state index contributed by atoms with van der Waals surface area (Å²) in [5.74, 6) is -1.29. The number of nitrogens with zero attached hydrogens (tertiary/aromatic N) is 2. The number of hydrogen-bond donors (Lipinski definition) is 1. The molecule has 3 rings (SSSR count). The Morgan fingerprint density at radius 3 is 2.06 bits per heavy atom. The van der Waals surface area contributed by atoms with Crippen LogP contribution >= 0.6 is 15.9 Å². The molecule has 0 radical (unpaired) electrons. The standard InChI is InChI=1S/C29H37BrN2O3/c1-4-6-17-31(18-7-5-2)19-8-20-32-26(22-11-9-21(3)10-12-22)25(28(34)29(32)35)27(33)23-13-15-24(30)16-14-23/h9-16,26,33H,4-8,17-20H2,1-3H3/t26-/m1/s1. The van der Waals surface area contributed by atoms with Crippen molar-refractivity contribution in [3.8, 4) is 0 Å². The Balaban J connectivity index is 1.90. The SMILES string of the molecule is CCCCN(CCCC)CCCN1C(=O)C(=O)C(=C(O)c2ccc(Br)cc2)[C@H]1c1ccc(C)cc1. The summed E-state index contributed by atoms with van der Waals surface area (Å²) in [4.78, 5) is 30.5. The minimum atomic E-state index is -0.621. The van der Waals surface area contributed by atoms with Gasteiger partial charge in [-0.15, -0.1) is 0 Å². The predicted octanol–water partition coefficient (Wildman–Crippen LogP) is 6.47. The number of aliphatic hydroxyl groups excluding tert-OH is 1. The molecule has 0 bridgehead atoms. The van der Waals surface area contributed by atoms with Gasteiger partial charge in [-0.1, -0.05) is 84.6 Å². The van der Waals surface area contributed by atoms with Gasteiger partial charge in [0.25, 0.3) is 11.7 Å². The molecule has 35 heavy (non-hydrogen) atoms. The summed E-state index contributed by atoms with van der Waals surface area (Å²) in [5.41, 5.74) is 2.62. The Bertz CT molecular complexity index is 1020. The Morgan fingerprint density at radius 1 is 0.914 bits per heavy atom. The van der Waals surface area contributed by atoms with Gasteiger partial charge in [0.2, 0.25) is 0 Å². The van der Waals surface area contributed by atoms with E-state index in [9.17, 15) is 14.7 Å². The van der Waals surface area contributed by atoms with E-state index in [2.05, 4.69) is 34.7 Å². The summed E-state index contributed by atoms with van der Waals surface area (Å²) in [6, 6.07) is 14.4. The Kier molecular flexibility index (Phi) is 10.1. The molecule has 1 atom stereocenters. The number of rotatable bonds is 12. The van der Waals surface area contributed by atoms with E-state index in [1.807, 2.05) is 43.3 Å². The van der Waals surface area contributed by atoms with E-state index in [4.69, 9.17) is 0 Å². The molecule has 0 aromatic heterocycles. The first-order valence-corrected chi connectivity index (χ1v) is 13.5. The Labute approximate surface area is 218 Å². The first kappa shape index (κ1) is 27.2. The van der Waals surface area contributed by atoms with Gasteiger partial charge in [-0.05, 0) is 63.5 Å². The van der Waals surface area contributed by atoms with Crippen molar-refractivity contribution in [3.63, 3.8) is 0 Å². The van der Waals surface area contributed by atoms with Crippen LogP contribution in [-0.4, -0.2) is 52.8 Å². The van der Waals surface area contributed by atoms with Gasteiger partial charge in [0, 0.05) is 16.6 Å². The summed E-state index contributed by atoms with van der Waals surface area (Å²) in [5, 5.41) is 11.2. The fraction of sp³-hybridized carbons (Fsp3) is 0.448.